The van der Waals surface area contributed by atoms with Crippen LogP contribution in [0.2, 0.25) is 5.02 Å². The number of halogens is 2. The fourth-order valence-electron chi connectivity index (χ4n) is 3.18. The van der Waals surface area contributed by atoms with E-state index in [0.717, 1.165) is 30.9 Å². The number of likely N-dealkylation sites (N-methyl/N-ethyl adjacent to an activating group) is 1. The normalized spacial score (nSPS) is 16.1. The molecular weight excluding hydrogens is 387 g/mol. The zero-order valence-electron chi connectivity index (χ0n) is 14.8. The van der Waals surface area contributed by atoms with Gasteiger partial charge in [0.1, 0.15) is 5.69 Å². The Kier molecular flexibility index (Phi) is 5.89. The molecule has 1 aromatic carbocycles. The lowest BCUT2D eigenvalue weighted by molar-refractivity contribution is 0.0737. The molecule has 2 aromatic heterocycles. The molecule has 1 saturated heterocycles. The zero-order chi connectivity index (χ0) is 18.1. The molecule has 0 radical (unpaired) electrons. The number of aromatic nitrogens is 2. The van der Waals surface area contributed by atoms with Crippen molar-refractivity contribution in [2.45, 2.75) is 12.5 Å². The van der Waals surface area contributed by atoms with Crippen LogP contribution in [-0.2, 0) is 0 Å². The highest BCUT2D eigenvalue weighted by Crippen LogP contribution is 2.26. The van der Waals surface area contributed by atoms with E-state index in [1.54, 1.807) is 34.0 Å². The minimum atomic E-state index is -0.0979. The molecule has 1 fully saturated rings. The first-order chi connectivity index (χ1) is 12.6. The Labute approximate surface area is 168 Å². The highest BCUT2D eigenvalue weighted by Gasteiger charge is 2.27. The van der Waals surface area contributed by atoms with Gasteiger partial charge >= 0.3 is 0 Å². The summed E-state index contributed by atoms with van der Waals surface area (Å²) in [5, 5.41) is 8.49. The lowest BCUT2D eigenvalue weighted by Crippen LogP contribution is -2.38. The van der Waals surface area contributed by atoms with E-state index in [4.69, 9.17) is 16.0 Å². The number of rotatable bonds is 4. The van der Waals surface area contributed by atoms with Crippen molar-refractivity contribution in [3.05, 3.63) is 59.4 Å². The number of hydrogen-bond acceptors (Lipinski definition) is 4. The Morgan fingerprint density at radius 2 is 2.11 bits per heavy atom. The average molecular weight is 407 g/mol. The van der Waals surface area contributed by atoms with E-state index in [0.29, 0.717) is 16.5 Å². The van der Waals surface area contributed by atoms with Crippen molar-refractivity contribution in [1.82, 2.24) is 20.0 Å². The molecule has 3 heterocycles. The maximum Gasteiger partial charge on any atom is 0.274 e. The number of furan rings is 1. The molecule has 8 heteroatoms. The summed E-state index contributed by atoms with van der Waals surface area (Å²) in [6.45, 7) is 1.74. The van der Waals surface area contributed by atoms with Gasteiger partial charge in [-0.2, -0.15) is 5.10 Å². The van der Waals surface area contributed by atoms with E-state index in [2.05, 4.69) is 10.4 Å². The molecule has 1 atom stereocenters. The second kappa shape index (κ2) is 8.17. The molecule has 3 aromatic rings. The predicted molar refractivity (Wildman–Crippen MR) is 107 cm³/mol. The predicted octanol–water partition coefficient (Wildman–Crippen LogP) is 3.64. The van der Waals surface area contributed by atoms with Crippen LogP contribution in [0, 0.1) is 0 Å². The second-order valence-electron chi connectivity index (χ2n) is 6.34. The first-order valence-corrected chi connectivity index (χ1v) is 8.89. The van der Waals surface area contributed by atoms with Gasteiger partial charge in [-0.3, -0.25) is 4.79 Å². The Balaban J connectivity index is 0.00000210. The first kappa shape index (κ1) is 19.5. The molecule has 1 N–H and O–H groups in total. The Hall–Kier alpha value is -2.28. The van der Waals surface area contributed by atoms with Crippen molar-refractivity contribution in [3.8, 4) is 17.1 Å². The number of amides is 1. The Bertz CT molecular complexity index is 900. The number of nitrogens with zero attached hydrogens (tertiary/aromatic N) is 3. The number of hydrogen-bond donors (Lipinski definition) is 1. The summed E-state index contributed by atoms with van der Waals surface area (Å²) in [5.74, 6) is 0.552. The second-order valence-corrected chi connectivity index (χ2v) is 6.78. The first-order valence-electron chi connectivity index (χ1n) is 8.51. The van der Waals surface area contributed by atoms with Crippen molar-refractivity contribution in [2.24, 2.45) is 0 Å². The third kappa shape index (κ3) is 3.88. The third-order valence-electron chi connectivity index (χ3n) is 4.68. The lowest BCUT2D eigenvalue weighted by atomic mass is 10.2. The maximum atomic E-state index is 12.9. The van der Waals surface area contributed by atoms with Gasteiger partial charge in [0.25, 0.3) is 5.91 Å². The molecule has 0 aliphatic carbocycles. The van der Waals surface area contributed by atoms with Crippen LogP contribution in [0.1, 0.15) is 16.9 Å². The minimum absolute atomic E-state index is 0. The molecule has 142 valence electrons. The minimum Gasteiger partial charge on any atom is -0.463 e. The summed E-state index contributed by atoms with van der Waals surface area (Å²) in [6, 6.07) is 12.9. The van der Waals surface area contributed by atoms with E-state index in [1.807, 2.05) is 31.3 Å². The SMILES string of the molecule is CN(C(=O)c1cc(-c2ccco2)n(-c2ccc(Cl)cc2)n1)C1CCNC1.Cl. The zero-order valence-corrected chi connectivity index (χ0v) is 16.3. The number of carbonyl (C=O) groups excluding carboxylic acids is 1. The van der Waals surface area contributed by atoms with Crippen molar-refractivity contribution >= 4 is 29.9 Å². The summed E-state index contributed by atoms with van der Waals surface area (Å²) < 4.78 is 7.25. The van der Waals surface area contributed by atoms with Gasteiger partial charge in [0, 0.05) is 30.7 Å². The Morgan fingerprint density at radius 3 is 2.74 bits per heavy atom. The monoisotopic (exact) mass is 406 g/mol. The van der Waals surface area contributed by atoms with Crippen molar-refractivity contribution in [2.75, 3.05) is 20.1 Å². The van der Waals surface area contributed by atoms with E-state index < -0.39 is 0 Å². The molecule has 4 rings (SSSR count). The van der Waals surface area contributed by atoms with Gasteiger partial charge in [-0.05, 0) is 49.4 Å². The molecule has 27 heavy (non-hydrogen) atoms. The Morgan fingerprint density at radius 1 is 1.33 bits per heavy atom. The lowest BCUT2D eigenvalue weighted by Gasteiger charge is -2.22. The van der Waals surface area contributed by atoms with E-state index in [9.17, 15) is 4.79 Å². The van der Waals surface area contributed by atoms with Crippen molar-refractivity contribution < 1.29 is 9.21 Å². The summed E-state index contributed by atoms with van der Waals surface area (Å²) in [5.41, 5.74) is 1.92. The largest absolute Gasteiger partial charge is 0.463 e. The van der Waals surface area contributed by atoms with Crippen LogP contribution in [0.3, 0.4) is 0 Å². The maximum absolute atomic E-state index is 12.9. The molecule has 1 aliphatic heterocycles. The van der Waals surface area contributed by atoms with Crippen molar-refractivity contribution in [3.63, 3.8) is 0 Å². The highest BCUT2D eigenvalue weighted by atomic mass is 35.5. The number of nitrogens with one attached hydrogen (secondary N) is 1. The van der Waals surface area contributed by atoms with Crippen LogP contribution >= 0.6 is 24.0 Å². The topological polar surface area (TPSA) is 63.3 Å². The number of carbonyl (C=O) groups is 1. The van der Waals surface area contributed by atoms with Crippen LogP contribution in [-0.4, -0.2) is 46.8 Å². The van der Waals surface area contributed by atoms with Crippen LogP contribution in [0.5, 0.6) is 0 Å². The molecule has 6 nitrogen and oxygen atoms in total. The van der Waals surface area contributed by atoms with Gasteiger partial charge in [0.05, 0.1) is 12.0 Å². The van der Waals surface area contributed by atoms with Crippen LogP contribution in [0.25, 0.3) is 17.1 Å². The summed E-state index contributed by atoms with van der Waals surface area (Å²) in [4.78, 5) is 14.7. The fourth-order valence-corrected chi connectivity index (χ4v) is 3.31. The van der Waals surface area contributed by atoms with E-state index in [1.165, 1.54) is 0 Å². The smallest absolute Gasteiger partial charge is 0.274 e. The van der Waals surface area contributed by atoms with Gasteiger partial charge in [-0.25, -0.2) is 4.68 Å². The van der Waals surface area contributed by atoms with Gasteiger partial charge in [0.2, 0.25) is 0 Å². The van der Waals surface area contributed by atoms with Gasteiger partial charge in [-0.15, -0.1) is 12.4 Å². The molecule has 0 bridgehead atoms. The van der Waals surface area contributed by atoms with Crippen LogP contribution in [0.15, 0.2) is 53.1 Å². The molecule has 0 saturated carbocycles. The molecular formula is C19H20Cl2N4O2. The molecule has 1 amide bonds. The highest BCUT2D eigenvalue weighted by molar-refractivity contribution is 6.30. The summed E-state index contributed by atoms with van der Waals surface area (Å²) in [6.07, 6.45) is 2.55. The van der Waals surface area contributed by atoms with E-state index in [-0.39, 0.29) is 24.4 Å². The molecule has 0 spiro atoms. The van der Waals surface area contributed by atoms with E-state index >= 15 is 0 Å². The fraction of sp³-hybridized carbons (Fsp3) is 0.263. The summed E-state index contributed by atoms with van der Waals surface area (Å²) in [7, 11) is 1.83. The van der Waals surface area contributed by atoms with Crippen LogP contribution in [0.4, 0.5) is 0 Å². The standard InChI is InChI=1S/C19H19ClN4O2.ClH/c1-23(15-8-9-21-12-15)19(25)16-11-17(18-3-2-10-26-18)24(22-16)14-6-4-13(20)5-7-14;/h2-7,10-11,15,21H,8-9,12H2,1H3;1H. The van der Waals surface area contributed by atoms with Crippen molar-refractivity contribution in [1.29, 1.82) is 0 Å². The van der Waals surface area contributed by atoms with Crippen LogP contribution < -0.4 is 5.32 Å². The molecule has 1 aliphatic rings. The van der Waals surface area contributed by atoms with Gasteiger partial charge in [-0.1, -0.05) is 11.6 Å². The molecule has 1 unspecified atom stereocenters. The van der Waals surface area contributed by atoms with Gasteiger partial charge in [0.15, 0.2) is 11.5 Å². The average Bonchev–Trinajstić information content (AvgIpc) is 3.41. The third-order valence-corrected chi connectivity index (χ3v) is 4.93. The van der Waals surface area contributed by atoms with Gasteiger partial charge < -0.3 is 14.6 Å². The summed E-state index contributed by atoms with van der Waals surface area (Å²) >= 11 is 5.99. The quantitative estimate of drug-likeness (QED) is 0.718. The number of benzene rings is 1.